The molecule has 8 heteroatoms. The van der Waals surface area contributed by atoms with Crippen molar-refractivity contribution >= 4 is 6.09 Å². The molecular formula is C23H38N2O6. The van der Waals surface area contributed by atoms with Gasteiger partial charge >= 0.3 is 6.09 Å². The van der Waals surface area contributed by atoms with Gasteiger partial charge in [-0.15, -0.1) is 0 Å². The average Bonchev–Trinajstić information content (AvgIpc) is 2.75. The third-order valence-electron chi connectivity index (χ3n) is 5.04. The van der Waals surface area contributed by atoms with Crippen LogP contribution in [-0.2, 0) is 14.2 Å². The highest BCUT2D eigenvalue weighted by Crippen LogP contribution is 2.26. The Labute approximate surface area is 185 Å². The molecule has 1 saturated heterocycles. The highest BCUT2D eigenvalue weighted by Gasteiger charge is 2.29. The van der Waals surface area contributed by atoms with Gasteiger partial charge in [-0.25, -0.2) is 4.79 Å². The van der Waals surface area contributed by atoms with Gasteiger partial charge in [-0.2, -0.15) is 0 Å². The second kappa shape index (κ2) is 12.7. The molecule has 1 heterocycles. The molecule has 1 fully saturated rings. The van der Waals surface area contributed by atoms with Gasteiger partial charge in [0.05, 0.1) is 26.4 Å². The first-order chi connectivity index (χ1) is 14.8. The number of morpholine rings is 1. The Morgan fingerprint density at radius 1 is 1.16 bits per heavy atom. The fourth-order valence-corrected chi connectivity index (χ4v) is 2.95. The van der Waals surface area contributed by atoms with Gasteiger partial charge in [-0.1, -0.05) is 39.8 Å². The van der Waals surface area contributed by atoms with Crippen LogP contribution in [0.5, 0.6) is 11.5 Å². The van der Waals surface area contributed by atoms with E-state index in [1.165, 1.54) is 0 Å². The zero-order chi connectivity index (χ0) is 22.8. The molecule has 176 valence electrons. The second-order valence-electron chi connectivity index (χ2n) is 8.37. The summed E-state index contributed by atoms with van der Waals surface area (Å²) < 4.78 is 28.7. The van der Waals surface area contributed by atoms with Crippen molar-refractivity contribution in [1.29, 1.82) is 0 Å². The van der Waals surface area contributed by atoms with Gasteiger partial charge in [0.25, 0.3) is 0 Å². The molecule has 1 amide bonds. The zero-order valence-electron chi connectivity index (χ0n) is 19.4. The van der Waals surface area contributed by atoms with Crippen molar-refractivity contribution in [3.05, 3.63) is 24.3 Å². The van der Waals surface area contributed by atoms with Gasteiger partial charge < -0.3 is 34.3 Å². The lowest BCUT2D eigenvalue weighted by Crippen LogP contribution is -2.49. The second-order valence-corrected chi connectivity index (χ2v) is 8.37. The number of carbonyl (C=O) groups excluding carboxylic acids is 1. The van der Waals surface area contributed by atoms with Gasteiger partial charge in [0.15, 0.2) is 11.5 Å². The number of para-hydroxylation sites is 2. The van der Waals surface area contributed by atoms with Crippen LogP contribution in [0, 0.1) is 11.8 Å². The normalized spacial score (nSPS) is 18.7. The fourth-order valence-electron chi connectivity index (χ4n) is 2.95. The lowest BCUT2D eigenvalue weighted by atomic mass is 10.1. The molecular weight excluding hydrogens is 400 g/mol. The number of hydrogen-bond acceptors (Lipinski definition) is 7. The molecule has 0 radical (unpaired) electrons. The number of ether oxygens (including phenoxy) is 5. The molecule has 2 N–H and O–H groups in total. The molecule has 1 aliphatic rings. The Morgan fingerprint density at radius 2 is 1.84 bits per heavy atom. The third-order valence-corrected chi connectivity index (χ3v) is 5.04. The van der Waals surface area contributed by atoms with E-state index in [0.717, 1.165) is 0 Å². The monoisotopic (exact) mass is 438 g/mol. The molecule has 2 rings (SSSR count). The first kappa shape index (κ1) is 25.2. The van der Waals surface area contributed by atoms with Gasteiger partial charge in [0, 0.05) is 18.5 Å². The van der Waals surface area contributed by atoms with E-state index in [9.17, 15) is 4.79 Å². The predicted molar refractivity (Wildman–Crippen MR) is 118 cm³/mol. The van der Waals surface area contributed by atoms with Gasteiger partial charge in [-0.3, -0.25) is 0 Å². The molecule has 0 bridgehead atoms. The number of hydrogen-bond donors (Lipinski definition) is 1. The summed E-state index contributed by atoms with van der Waals surface area (Å²) in [6, 6.07) is 7.40. The van der Waals surface area contributed by atoms with E-state index >= 15 is 0 Å². The number of carbonyl (C=O) groups is 1. The van der Waals surface area contributed by atoms with Crippen LogP contribution in [-0.4, -0.2) is 68.9 Å². The maximum absolute atomic E-state index is 12.7. The minimum absolute atomic E-state index is 0.0125. The van der Waals surface area contributed by atoms with Crippen molar-refractivity contribution in [1.82, 2.24) is 4.90 Å². The molecule has 1 unspecified atom stereocenters. The van der Waals surface area contributed by atoms with E-state index in [2.05, 4.69) is 0 Å². The van der Waals surface area contributed by atoms with Crippen molar-refractivity contribution in [2.24, 2.45) is 17.6 Å². The largest absolute Gasteiger partial charge is 0.490 e. The number of amides is 1. The van der Waals surface area contributed by atoms with E-state index in [0.29, 0.717) is 51.0 Å². The summed E-state index contributed by atoms with van der Waals surface area (Å²) in [5, 5.41) is 0. The van der Waals surface area contributed by atoms with Crippen LogP contribution in [0.25, 0.3) is 0 Å². The summed E-state index contributed by atoms with van der Waals surface area (Å²) in [6.07, 6.45) is -1.32. The summed E-state index contributed by atoms with van der Waals surface area (Å²) in [6.45, 7) is 12.4. The van der Waals surface area contributed by atoms with Crippen LogP contribution < -0.4 is 15.2 Å². The first-order valence-electron chi connectivity index (χ1n) is 11.1. The summed E-state index contributed by atoms with van der Waals surface area (Å²) in [5.74, 6) is 1.64. The minimum atomic E-state index is -0.645. The Balaban J connectivity index is 1.86. The van der Waals surface area contributed by atoms with Gasteiger partial charge in [0.1, 0.15) is 12.7 Å². The van der Waals surface area contributed by atoms with Crippen LogP contribution in [0.1, 0.15) is 34.6 Å². The van der Waals surface area contributed by atoms with Crippen molar-refractivity contribution in [2.45, 2.75) is 53.1 Å². The highest BCUT2D eigenvalue weighted by atomic mass is 16.7. The zero-order valence-corrected chi connectivity index (χ0v) is 19.4. The quantitative estimate of drug-likeness (QED) is 0.530. The van der Waals surface area contributed by atoms with Crippen molar-refractivity contribution < 1.29 is 28.5 Å². The fraction of sp³-hybridized carbons (Fsp3) is 0.696. The molecule has 1 aromatic carbocycles. The van der Waals surface area contributed by atoms with Crippen molar-refractivity contribution in [3.63, 3.8) is 0 Å². The molecule has 3 atom stereocenters. The smallest absolute Gasteiger partial charge is 0.412 e. The maximum atomic E-state index is 12.7. The summed E-state index contributed by atoms with van der Waals surface area (Å²) in [7, 11) is 0. The Morgan fingerprint density at radius 3 is 2.45 bits per heavy atom. The molecule has 0 aromatic heterocycles. The first-order valence-corrected chi connectivity index (χ1v) is 11.1. The van der Waals surface area contributed by atoms with Crippen LogP contribution >= 0.6 is 0 Å². The van der Waals surface area contributed by atoms with E-state index in [1.807, 2.05) is 58.9 Å². The molecule has 31 heavy (non-hydrogen) atoms. The maximum Gasteiger partial charge on any atom is 0.412 e. The minimum Gasteiger partial charge on any atom is -0.490 e. The van der Waals surface area contributed by atoms with Gasteiger partial charge in [-0.05, 0) is 25.0 Å². The standard InChI is InChI=1S/C23H38N2O6/c1-6-27-20-9-7-8-10-21(20)29-14-18-13-25(11-12-28-18)23(26)31-22(17(4)5)30-15-19(24)16(2)3/h7-10,16-19,22H,6,11-15,24H2,1-5H3/t18-,19+,22?/m0/s1. The highest BCUT2D eigenvalue weighted by molar-refractivity contribution is 5.67. The SMILES string of the molecule is CCOc1ccccc1OC[C@@H]1CN(C(=O)OC(OC[C@@H](N)C(C)C)C(C)C)CCO1. The molecule has 0 aliphatic carbocycles. The summed E-state index contributed by atoms with van der Waals surface area (Å²) in [5.41, 5.74) is 6.05. The molecule has 1 aliphatic heterocycles. The summed E-state index contributed by atoms with van der Waals surface area (Å²) in [4.78, 5) is 14.4. The Hall–Kier alpha value is -2.03. The number of benzene rings is 1. The molecule has 0 saturated carbocycles. The molecule has 8 nitrogen and oxygen atoms in total. The average molecular weight is 439 g/mol. The van der Waals surface area contributed by atoms with Crippen molar-refractivity contribution in [3.8, 4) is 11.5 Å². The topological polar surface area (TPSA) is 92.5 Å². The lowest BCUT2D eigenvalue weighted by Gasteiger charge is -2.34. The third kappa shape index (κ3) is 8.20. The molecule has 1 aromatic rings. The van der Waals surface area contributed by atoms with Gasteiger partial charge in [0.2, 0.25) is 6.29 Å². The Kier molecular flexibility index (Phi) is 10.4. The number of nitrogens with zero attached hydrogens (tertiary/aromatic N) is 1. The number of nitrogens with two attached hydrogens (primary N) is 1. The number of rotatable bonds is 11. The van der Waals surface area contributed by atoms with E-state index in [1.54, 1.807) is 4.90 Å². The van der Waals surface area contributed by atoms with E-state index < -0.39 is 12.4 Å². The summed E-state index contributed by atoms with van der Waals surface area (Å²) >= 11 is 0. The lowest BCUT2D eigenvalue weighted by molar-refractivity contribution is -0.145. The van der Waals surface area contributed by atoms with Crippen LogP contribution in [0.3, 0.4) is 0 Å². The van der Waals surface area contributed by atoms with Crippen LogP contribution in [0.2, 0.25) is 0 Å². The predicted octanol–water partition coefficient (Wildman–Crippen LogP) is 3.28. The van der Waals surface area contributed by atoms with Crippen LogP contribution in [0.15, 0.2) is 24.3 Å². The van der Waals surface area contributed by atoms with Crippen molar-refractivity contribution in [2.75, 3.05) is 39.5 Å². The Bertz CT molecular complexity index is 669. The van der Waals surface area contributed by atoms with Crippen LogP contribution in [0.4, 0.5) is 4.79 Å². The molecule has 0 spiro atoms. The van der Waals surface area contributed by atoms with E-state index in [4.69, 9.17) is 29.4 Å². The van der Waals surface area contributed by atoms with E-state index in [-0.39, 0.29) is 24.0 Å².